The molecular weight excluding hydrogens is 434 g/mol. The Hall–Kier alpha value is -2.10. The standard InChI is InChI=1S/C17H16BrF4N3O2/c1-8-2-5-11(27-17(21)22)10(6-8)23-12(26)7-25-15(9-3-4-9)13(18)14(24-25)16(19)20/h2,5-6,9,16-17H,3-4,7H2,1H3,(H,23,26). The highest BCUT2D eigenvalue weighted by Gasteiger charge is 2.34. The van der Waals surface area contributed by atoms with Crippen molar-refractivity contribution >= 4 is 27.5 Å². The zero-order valence-electron chi connectivity index (χ0n) is 14.2. The molecule has 0 aliphatic heterocycles. The van der Waals surface area contributed by atoms with E-state index in [1.165, 1.54) is 16.8 Å². The summed E-state index contributed by atoms with van der Waals surface area (Å²) in [6.45, 7) is -1.63. The Kier molecular flexibility index (Phi) is 5.73. The molecule has 3 rings (SSSR count). The Balaban J connectivity index is 1.81. The third-order valence-electron chi connectivity index (χ3n) is 4.05. The van der Waals surface area contributed by atoms with Crippen LogP contribution in [0, 0.1) is 6.92 Å². The maximum atomic E-state index is 13.1. The van der Waals surface area contributed by atoms with Gasteiger partial charge < -0.3 is 10.1 Å². The SMILES string of the molecule is Cc1ccc(OC(F)F)c(NC(=O)Cn2nc(C(F)F)c(Br)c2C2CC2)c1. The first-order chi connectivity index (χ1) is 12.8. The molecule has 1 fully saturated rings. The molecule has 2 aromatic rings. The molecule has 5 nitrogen and oxygen atoms in total. The van der Waals surface area contributed by atoms with Crippen LogP contribution in [0.5, 0.6) is 5.75 Å². The maximum absolute atomic E-state index is 13.1. The normalized spacial score (nSPS) is 14.1. The topological polar surface area (TPSA) is 56.1 Å². The summed E-state index contributed by atoms with van der Waals surface area (Å²) in [6.07, 6.45) is -1.11. The first-order valence-electron chi connectivity index (χ1n) is 8.15. The summed E-state index contributed by atoms with van der Waals surface area (Å²) in [5.74, 6) is -0.692. The number of aryl methyl sites for hydroxylation is 1. The fourth-order valence-corrected chi connectivity index (χ4v) is 3.53. The fraction of sp³-hybridized carbons (Fsp3) is 0.412. The second kappa shape index (κ2) is 7.87. The minimum Gasteiger partial charge on any atom is -0.433 e. The number of nitrogens with one attached hydrogen (secondary N) is 1. The Bertz CT molecular complexity index is 853. The van der Waals surface area contributed by atoms with E-state index in [9.17, 15) is 22.4 Å². The molecule has 1 aliphatic carbocycles. The van der Waals surface area contributed by atoms with Gasteiger partial charge >= 0.3 is 6.61 Å². The molecule has 0 spiro atoms. The second-order valence-electron chi connectivity index (χ2n) is 6.24. The minimum atomic E-state index is -3.04. The van der Waals surface area contributed by atoms with Gasteiger partial charge in [-0.2, -0.15) is 13.9 Å². The lowest BCUT2D eigenvalue weighted by Crippen LogP contribution is -2.21. The molecule has 0 radical (unpaired) electrons. The smallest absolute Gasteiger partial charge is 0.387 e. The van der Waals surface area contributed by atoms with Gasteiger partial charge in [0.15, 0.2) is 0 Å². The van der Waals surface area contributed by atoms with Crippen LogP contribution < -0.4 is 10.1 Å². The Morgan fingerprint density at radius 3 is 2.67 bits per heavy atom. The number of rotatable bonds is 7. The van der Waals surface area contributed by atoms with Crippen molar-refractivity contribution in [2.75, 3.05) is 5.32 Å². The number of amides is 1. The third kappa shape index (κ3) is 4.60. The number of benzene rings is 1. The molecule has 1 aromatic carbocycles. The number of carbonyl (C=O) groups is 1. The van der Waals surface area contributed by atoms with Crippen LogP contribution in [0.3, 0.4) is 0 Å². The van der Waals surface area contributed by atoms with E-state index >= 15 is 0 Å². The van der Waals surface area contributed by atoms with Crippen LogP contribution in [0.4, 0.5) is 23.2 Å². The summed E-state index contributed by atoms with van der Waals surface area (Å²) in [5, 5.41) is 6.34. The summed E-state index contributed by atoms with van der Waals surface area (Å²) in [6, 6.07) is 4.38. The number of nitrogens with zero attached hydrogens (tertiary/aromatic N) is 2. The number of halogens is 5. The molecule has 0 bridgehead atoms. The van der Waals surface area contributed by atoms with E-state index in [0.29, 0.717) is 5.69 Å². The summed E-state index contributed by atoms with van der Waals surface area (Å²) < 4.78 is 57.1. The lowest BCUT2D eigenvalue weighted by molar-refractivity contribution is -0.117. The van der Waals surface area contributed by atoms with Crippen LogP contribution in [0.15, 0.2) is 22.7 Å². The quantitative estimate of drug-likeness (QED) is 0.604. The minimum absolute atomic E-state index is 0.0730. The largest absolute Gasteiger partial charge is 0.433 e. The van der Waals surface area contributed by atoms with Gasteiger partial charge in [0.1, 0.15) is 18.0 Å². The van der Waals surface area contributed by atoms with Gasteiger partial charge in [-0.3, -0.25) is 9.48 Å². The van der Waals surface area contributed by atoms with Crippen LogP contribution in [0.2, 0.25) is 0 Å². The molecule has 0 unspecified atom stereocenters. The molecule has 1 aliphatic rings. The Morgan fingerprint density at radius 2 is 2.07 bits per heavy atom. The maximum Gasteiger partial charge on any atom is 0.387 e. The zero-order valence-corrected chi connectivity index (χ0v) is 15.8. The first kappa shape index (κ1) is 19.7. The predicted molar refractivity (Wildman–Crippen MR) is 93.3 cm³/mol. The van der Waals surface area contributed by atoms with E-state index in [4.69, 9.17) is 0 Å². The summed E-state index contributed by atoms with van der Waals surface area (Å²) in [7, 11) is 0. The van der Waals surface area contributed by atoms with Gasteiger partial charge in [0.25, 0.3) is 6.43 Å². The zero-order chi connectivity index (χ0) is 19.7. The molecule has 1 amide bonds. The summed E-state index contributed by atoms with van der Waals surface area (Å²) >= 11 is 3.15. The average molecular weight is 450 g/mol. The van der Waals surface area contributed by atoms with E-state index < -0.39 is 24.6 Å². The van der Waals surface area contributed by atoms with Crippen LogP contribution in [0.1, 0.15) is 42.1 Å². The number of anilines is 1. The van der Waals surface area contributed by atoms with Crippen molar-refractivity contribution in [1.82, 2.24) is 9.78 Å². The van der Waals surface area contributed by atoms with Gasteiger partial charge in [0.2, 0.25) is 5.91 Å². The second-order valence-corrected chi connectivity index (χ2v) is 7.04. The van der Waals surface area contributed by atoms with Crippen LogP contribution in [-0.2, 0) is 11.3 Å². The van der Waals surface area contributed by atoms with Crippen LogP contribution in [0.25, 0.3) is 0 Å². The molecular formula is C17H16BrF4N3O2. The van der Waals surface area contributed by atoms with Crippen molar-refractivity contribution < 1.29 is 27.1 Å². The fourth-order valence-electron chi connectivity index (χ4n) is 2.75. The molecule has 1 N–H and O–H groups in total. The first-order valence-corrected chi connectivity index (χ1v) is 8.95. The van der Waals surface area contributed by atoms with Crippen LogP contribution in [-0.4, -0.2) is 22.3 Å². The molecule has 27 heavy (non-hydrogen) atoms. The number of alkyl halides is 4. The van der Waals surface area contributed by atoms with Crippen molar-refractivity contribution in [2.45, 2.75) is 45.3 Å². The molecule has 10 heteroatoms. The third-order valence-corrected chi connectivity index (χ3v) is 4.86. The van der Waals surface area contributed by atoms with E-state index in [2.05, 4.69) is 31.1 Å². The van der Waals surface area contributed by atoms with Crippen molar-refractivity contribution in [3.05, 3.63) is 39.6 Å². The predicted octanol–water partition coefficient (Wildman–Crippen LogP) is 5.01. The molecule has 0 atom stereocenters. The van der Waals surface area contributed by atoms with Crippen molar-refractivity contribution in [3.63, 3.8) is 0 Å². The highest BCUT2D eigenvalue weighted by atomic mass is 79.9. The van der Waals surface area contributed by atoms with E-state index in [1.807, 2.05) is 0 Å². The number of ether oxygens (including phenoxy) is 1. The van der Waals surface area contributed by atoms with Gasteiger partial charge in [-0.05, 0) is 53.4 Å². The highest BCUT2D eigenvalue weighted by molar-refractivity contribution is 9.10. The van der Waals surface area contributed by atoms with Crippen molar-refractivity contribution in [2.24, 2.45) is 0 Å². The van der Waals surface area contributed by atoms with Crippen molar-refractivity contribution in [1.29, 1.82) is 0 Å². The van der Waals surface area contributed by atoms with Gasteiger partial charge in [0.05, 0.1) is 15.9 Å². The average Bonchev–Trinajstić information content (AvgIpc) is 3.34. The number of hydrogen-bond acceptors (Lipinski definition) is 3. The molecule has 1 heterocycles. The number of hydrogen-bond donors (Lipinski definition) is 1. The molecule has 0 saturated heterocycles. The molecule has 146 valence electrons. The van der Waals surface area contributed by atoms with Crippen LogP contribution >= 0.6 is 15.9 Å². The van der Waals surface area contributed by atoms with Gasteiger partial charge in [-0.15, -0.1) is 0 Å². The highest BCUT2D eigenvalue weighted by Crippen LogP contribution is 2.45. The van der Waals surface area contributed by atoms with Gasteiger partial charge in [0, 0.05) is 5.92 Å². The lowest BCUT2D eigenvalue weighted by Gasteiger charge is -2.13. The molecule has 1 saturated carbocycles. The van der Waals surface area contributed by atoms with E-state index in [-0.39, 0.29) is 28.4 Å². The van der Waals surface area contributed by atoms with E-state index in [0.717, 1.165) is 18.4 Å². The van der Waals surface area contributed by atoms with Gasteiger partial charge in [-0.25, -0.2) is 8.78 Å². The number of aromatic nitrogens is 2. The lowest BCUT2D eigenvalue weighted by atomic mass is 10.2. The monoisotopic (exact) mass is 449 g/mol. The number of carbonyl (C=O) groups excluding carboxylic acids is 1. The Labute approximate surface area is 160 Å². The molecule has 1 aromatic heterocycles. The van der Waals surface area contributed by atoms with E-state index in [1.54, 1.807) is 13.0 Å². The summed E-state index contributed by atoms with van der Waals surface area (Å²) in [4.78, 5) is 12.4. The van der Waals surface area contributed by atoms with Crippen molar-refractivity contribution in [3.8, 4) is 5.75 Å². The Morgan fingerprint density at radius 1 is 1.37 bits per heavy atom. The summed E-state index contributed by atoms with van der Waals surface area (Å²) in [5.41, 5.74) is 0.941. The van der Waals surface area contributed by atoms with Gasteiger partial charge in [-0.1, -0.05) is 6.07 Å².